The fraction of sp³-hybridized carbons (Fsp3) is 0.375. The molecule has 110 valence electrons. The highest BCUT2D eigenvalue weighted by Gasteiger charge is 2.26. The highest BCUT2D eigenvalue weighted by Crippen LogP contribution is 2.34. The Hall–Kier alpha value is -1.68. The van der Waals surface area contributed by atoms with Gasteiger partial charge in [0.2, 0.25) is 0 Å². The lowest BCUT2D eigenvalue weighted by atomic mass is 9.82. The van der Waals surface area contributed by atoms with E-state index < -0.39 is 11.8 Å². The van der Waals surface area contributed by atoms with Gasteiger partial charge in [0.25, 0.3) is 0 Å². The number of carbonyl (C=O) groups is 1. The van der Waals surface area contributed by atoms with Crippen molar-refractivity contribution in [3.05, 3.63) is 39.8 Å². The Labute approximate surface area is 126 Å². The Morgan fingerprint density at radius 3 is 2.95 bits per heavy atom. The SMILES string of the molecule is CCC1CCc2nc3cc(F)c(Cl)cc3c(C(=O)O)c2C1. The summed E-state index contributed by atoms with van der Waals surface area (Å²) in [6, 6.07) is 2.59. The first kappa shape index (κ1) is 14.3. The third-order valence-corrected chi connectivity index (χ3v) is 4.58. The molecule has 0 fully saturated rings. The summed E-state index contributed by atoms with van der Waals surface area (Å²) in [5, 5.41) is 9.94. The van der Waals surface area contributed by atoms with Crippen LogP contribution in [0.1, 0.15) is 41.4 Å². The van der Waals surface area contributed by atoms with Crippen molar-refractivity contribution in [3.63, 3.8) is 0 Å². The van der Waals surface area contributed by atoms with E-state index >= 15 is 0 Å². The molecular weight excluding hydrogens is 293 g/mol. The summed E-state index contributed by atoms with van der Waals surface area (Å²) < 4.78 is 13.6. The molecule has 0 bridgehead atoms. The molecule has 2 aromatic rings. The molecule has 5 heteroatoms. The molecule has 0 radical (unpaired) electrons. The zero-order valence-corrected chi connectivity index (χ0v) is 12.4. The number of benzene rings is 1. The first-order chi connectivity index (χ1) is 10.0. The second-order valence-electron chi connectivity index (χ2n) is 5.52. The van der Waals surface area contributed by atoms with E-state index in [0.29, 0.717) is 23.2 Å². The van der Waals surface area contributed by atoms with Crippen LogP contribution in [0.3, 0.4) is 0 Å². The second kappa shape index (κ2) is 5.26. The number of hydrogen-bond acceptors (Lipinski definition) is 2. The number of aryl methyl sites for hydroxylation is 1. The van der Waals surface area contributed by atoms with Gasteiger partial charge in [-0.25, -0.2) is 9.18 Å². The van der Waals surface area contributed by atoms with E-state index in [9.17, 15) is 14.3 Å². The van der Waals surface area contributed by atoms with Gasteiger partial charge >= 0.3 is 5.97 Å². The number of aromatic nitrogens is 1. The highest BCUT2D eigenvalue weighted by atomic mass is 35.5. The minimum atomic E-state index is -1.00. The Kier molecular flexibility index (Phi) is 3.57. The molecule has 0 saturated carbocycles. The molecular formula is C16H15ClFNO2. The predicted octanol–water partition coefficient (Wildman–Crippen LogP) is 4.24. The maximum Gasteiger partial charge on any atom is 0.336 e. The molecule has 1 aliphatic rings. The van der Waals surface area contributed by atoms with Crippen molar-refractivity contribution >= 4 is 28.5 Å². The fourth-order valence-electron chi connectivity index (χ4n) is 3.10. The standard InChI is InChI=1S/C16H15ClFNO2/c1-2-8-3-4-13-9(5-8)15(16(20)21)10-6-11(17)12(18)7-14(10)19-13/h6-8H,2-5H2,1H3,(H,20,21). The lowest BCUT2D eigenvalue weighted by Gasteiger charge is -2.25. The largest absolute Gasteiger partial charge is 0.478 e. The molecule has 1 N–H and O–H groups in total. The van der Waals surface area contributed by atoms with Crippen molar-refractivity contribution in [1.29, 1.82) is 0 Å². The zero-order valence-electron chi connectivity index (χ0n) is 11.6. The van der Waals surface area contributed by atoms with Gasteiger partial charge in [0.1, 0.15) is 5.82 Å². The van der Waals surface area contributed by atoms with Crippen LogP contribution in [-0.2, 0) is 12.8 Å². The Morgan fingerprint density at radius 2 is 2.29 bits per heavy atom. The average Bonchev–Trinajstić information content (AvgIpc) is 2.45. The Bertz CT molecular complexity index is 745. The maximum atomic E-state index is 13.6. The van der Waals surface area contributed by atoms with Crippen LogP contribution in [0.2, 0.25) is 5.02 Å². The number of pyridine rings is 1. The normalized spacial score (nSPS) is 17.8. The number of fused-ring (bicyclic) bond motifs is 2. The molecule has 3 rings (SSSR count). The third-order valence-electron chi connectivity index (χ3n) is 4.29. The van der Waals surface area contributed by atoms with Crippen LogP contribution in [0.15, 0.2) is 12.1 Å². The number of rotatable bonds is 2. The molecule has 1 atom stereocenters. The molecule has 21 heavy (non-hydrogen) atoms. The van der Waals surface area contributed by atoms with Crippen LogP contribution in [-0.4, -0.2) is 16.1 Å². The molecule has 0 amide bonds. The van der Waals surface area contributed by atoms with Gasteiger partial charge in [-0.2, -0.15) is 0 Å². The van der Waals surface area contributed by atoms with Gasteiger partial charge < -0.3 is 5.11 Å². The smallest absolute Gasteiger partial charge is 0.336 e. The van der Waals surface area contributed by atoms with E-state index in [4.69, 9.17) is 11.6 Å². The number of halogens is 2. The van der Waals surface area contributed by atoms with Crippen molar-refractivity contribution in [2.75, 3.05) is 0 Å². The zero-order chi connectivity index (χ0) is 15.1. The van der Waals surface area contributed by atoms with E-state index in [1.807, 2.05) is 0 Å². The van der Waals surface area contributed by atoms with E-state index in [1.165, 1.54) is 12.1 Å². The molecule has 1 aromatic carbocycles. The summed E-state index contributed by atoms with van der Waals surface area (Å²) in [6.45, 7) is 2.11. The van der Waals surface area contributed by atoms with Gasteiger partial charge in [0, 0.05) is 17.1 Å². The summed E-state index contributed by atoms with van der Waals surface area (Å²) >= 11 is 5.81. The first-order valence-corrected chi connectivity index (χ1v) is 7.42. The Morgan fingerprint density at radius 1 is 1.52 bits per heavy atom. The molecule has 3 nitrogen and oxygen atoms in total. The van der Waals surface area contributed by atoms with Crippen LogP contribution in [0.25, 0.3) is 10.9 Å². The van der Waals surface area contributed by atoms with Crippen molar-refractivity contribution in [1.82, 2.24) is 4.98 Å². The number of carboxylic acid groups (broad SMARTS) is 1. The molecule has 1 unspecified atom stereocenters. The van der Waals surface area contributed by atoms with Crippen LogP contribution in [0.5, 0.6) is 0 Å². The van der Waals surface area contributed by atoms with Crippen molar-refractivity contribution in [3.8, 4) is 0 Å². The molecule has 0 saturated heterocycles. The quantitative estimate of drug-likeness (QED) is 0.902. The monoisotopic (exact) mass is 307 g/mol. The average molecular weight is 308 g/mol. The molecule has 0 aliphatic heterocycles. The van der Waals surface area contributed by atoms with Crippen LogP contribution in [0.4, 0.5) is 4.39 Å². The van der Waals surface area contributed by atoms with Gasteiger partial charge in [-0.3, -0.25) is 4.98 Å². The minimum Gasteiger partial charge on any atom is -0.478 e. The van der Waals surface area contributed by atoms with E-state index in [1.54, 1.807) is 0 Å². The van der Waals surface area contributed by atoms with Crippen LogP contribution < -0.4 is 0 Å². The summed E-state index contributed by atoms with van der Waals surface area (Å²) in [7, 11) is 0. The van der Waals surface area contributed by atoms with Crippen molar-refractivity contribution in [2.24, 2.45) is 5.92 Å². The highest BCUT2D eigenvalue weighted by molar-refractivity contribution is 6.31. The predicted molar refractivity (Wildman–Crippen MR) is 79.5 cm³/mol. The number of hydrogen-bond donors (Lipinski definition) is 1. The van der Waals surface area contributed by atoms with Crippen LogP contribution in [0, 0.1) is 11.7 Å². The summed E-state index contributed by atoms with van der Waals surface area (Å²) in [5.41, 5.74) is 2.17. The number of carboxylic acids is 1. The van der Waals surface area contributed by atoms with Crippen molar-refractivity contribution in [2.45, 2.75) is 32.6 Å². The molecule has 0 spiro atoms. The van der Waals surface area contributed by atoms with Crippen molar-refractivity contribution < 1.29 is 14.3 Å². The molecule has 1 aromatic heterocycles. The lowest BCUT2D eigenvalue weighted by Crippen LogP contribution is -2.19. The fourth-order valence-corrected chi connectivity index (χ4v) is 3.26. The van der Waals surface area contributed by atoms with Gasteiger partial charge in [-0.05, 0) is 36.8 Å². The van der Waals surface area contributed by atoms with Gasteiger partial charge in [0.15, 0.2) is 0 Å². The summed E-state index contributed by atoms with van der Waals surface area (Å²) in [4.78, 5) is 16.2. The number of nitrogens with zero attached hydrogens (tertiary/aromatic N) is 1. The number of aromatic carboxylic acids is 1. The van der Waals surface area contributed by atoms with E-state index in [2.05, 4.69) is 11.9 Å². The van der Waals surface area contributed by atoms with Gasteiger partial charge in [-0.1, -0.05) is 24.9 Å². The third kappa shape index (κ3) is 2.38. The molecule has 1 aliphatic carbocycles. The van der Waals surface area contributed by atoms with Gasteiger partial charge in [0.05, 0.1) is 16.1 Å². The first-order valence-electron chi connectivity index (χ1n) is 7.05. The second-order valence-corrected chi connectivity index (χ2v) is 5.92. The van der Waals surface area contributed by atoms with Gasteiger partial charge in [-0.15, -0.1) is 0 Å². The van der Waals surface area contributed by atoms with E-state index in [-0.39, 0.29) is 10.6 Å². The summed E-state index contributed by atoms with van der Waals surface area (Å²) in [5.74, 6) is -1.10. The van der Waals surface area contributed by atoms with Crippen LogP contribution >= 0.6 is 11.6 Å². The minimum absolute atomic E-state index is 0.0744. The lowest BCUT2D eigenvalue weighted by molar-refractivity contribution is 0.0697. The maximum absolute atomic E-state index is 13.6. The van der Waals surface area contributed by atoms with E-state index in [0.717, 1.165) is 30.5 Å². The Balaban J connectivity index is 2.32. The topological polar surface area (TPSA) is 50.2 Å². The molecule has 1 heterocycles. The summed E-state index contributed by atoms with van der Waals surface area (Å²) in [6.07, 6.45) is 3.47.